The highest BCUT2D eigenvalue weighted by Crippen LogP contribution is 2.14. The summed E-state index contributed by atoms with van der Waals surface area (Å²) in [5, 5.41) is 9.59. The van der Waals surface area contributed by atoms with E-state index in [1.807, 2.05) is 0 Å². The van der Waals surface area contributed by atoms with Crippen LogP contribution < -0.4 is 11.0 Å². The highest BCUT2D eigenvalue weighted by molar-refractivity contribution is 6.17. The molecule has 7 heteroatoms. The Morgan fingerprint density at radius 2 is 2.33 bits per heavy atom. The van der Waals surface area contributed by atoms with E-state index >= 15 is 0 Å². The zero-order valence-corrected chi connectivity index (χ0v) is 11.1. The fourth-order valence-corrected chi connectivity index (χ4v) is 2.00. The minimum absolute atomic E-state index is 0.253. The third-order valence-electron chi connectivity index (χ3n) is 2.87. The summed E-state index contributed by atoms with van der Waals surface area (Å²) < 4.78 is 1.36. The number of hydrogen-bond acceptors (Lipinski definition) is 4. The van der Waals surface area contributed by atoms with Crippen molar-refractivity contribution in [1.29, 1.82) is 0 Å². The molecule has 0 bridgehead atoms. The van der Waals surface area contributed by atoms with E-state index in [1.54, 1.807) is 6.07 Å². The Labute approximate surface area is 109 Å². The number of halogens is 1. The lowest BCUT2D eigenvalue weighted by atomic mass is 10.0. The molecule has 2 aromatic rings. The molecule has 98 valence electrons. The van der Waals surface area contributed by atoms with Crippen LogP contribution in [0, 0.1) is 5.92 Å². The van der Waals surface area contributed by atoms with Crippen molar-refractivity contribution in [2.75, 3.05) is 11.2 Å². The van der Waals surface area contributed by atoms with Crippen LogP contribution in [0.5, 0.6) is 0 Å². The monoisotopic (exact) mass is 269 g/mol. The summed E-state index contributed by atoms with van der Waals surface area (Å²) in [5.41, 5.74) is 0.260. The Morgan fingerprint density at radius 1 is 1.56 bits per heavy atom. The van der Waals surface area contributed by atoms with Crippen molar-refractivity contribution >= 4 is 23.1 Å². The van der Waals surface area contributed by atoms with Gasteiger partial charge in [0.1, 0.15) is 12.1 Å². The molecule has 18 heavy (non-hydrogen) atoms. The molecule has 0 aromatic carbocycles. The van der Waals surface area contributed by atoms with Crippen molar-refractivity contribution in [2.24, 2.45) is 5.92 Å². The third-order valence-corrected chi connectivity index (χ3v) is 3.09. The largest absolute Gasteiger partial charge is 0.367 e. The number of aromatic amines is 1. The molecule has 0 fully saturated rings. The number of alkyl halides is 1. The van der Waals surface area contributed by atoms with Crippen LogP contribution in [-0.2, 0) is 0 Å². The summed E-state index contributed by atoms with van der Waals surface area (Å²) in [5.74, 6) is 1.74. The summed E-state index contributed by atoms with van der Waals surface area (Å²) in [4.78, 5) is 15.5. The lowest BCUT2D eigenvalue weighted by molar-refractivity contribution is 0.511. The molecule has 0 radical (unpaired) electrons. The van der Waals surface area contributed by atoms with Gasteiger partial charge in [-0.1, -0.05) is 13.8 Å². The van der Waals surface area contributed by atoms with E-state index in [0.717, 1.165) is 6.42 Å². The summed E-state index contributed by atoms with van der Waals surface area (Å²) in [6.07, 6.45) is 2.32. The smallest absolute Gasteiger partial charge is 0.348 e. The molecule has 2 aromatic heterocycles. The number of nitrogens with one attached hydrogen (secondary N) is 2. The molecule has 0 aliphatic rings. The minimum atomic E-state index is -0.287. The predicted molar refractivity (Wildman–Crippen MR) is 71.2 cm³/mol. The van der Waals surface area contributed by atoms with Crippen molar-refractivity contribution in [3.8, 4) is 0 Å². The Hall–Kier alpha value is -1.56. The van der Waals surface area contributed by atoms with Gasteiger partial charge in [-0.25, -0.2) is 19.3 Å². The molecule has 2 heterocycles. The van der Waals surface area contributed by atoms with Gasteiger partial charge in [0, 0.05) is 18.0 Å². The second-order valence-electron chi connectivity index (χ2n) is 4.50. The van der Waals surface area contributed by atoms with Crippen LogP contribution in [0.2, 0.25) is 0 Å². The molecule has 0 aliphatic carbocycles. The van der Waals surface area contributed by atoms with Crippen LogP contribution in [0.4, 0.5) is 5.82 Å². The van der Waals surface area contributed by atoms with E-state index in [9.17, 15) is 4.79 Å². The van der Waals surface area contributed by atoms with Gasteiger partial charge in [0.25, 0.3) is 0 Å². The first-order valence-corrected chi connectivity index (χ1v) is 6.40. The molecule has 0 spiro atoms. The third kappa shape index (κ3) is 2.64. The lowest BCUT2D eigenvalue weighted by Gasteiger charge is -2.21. The Morgan fingerprint density at radius 3 is 3.00 bits per heavy atom. The molecule has 2 N–H and O–H groups in total. The normalized spacial score (nSPS) is 13.1. The number of nitrogens with zero attached hydrogens (tertiary/aromatic N) is 3. The van der Waals surface area contributed by atoms with Gasteiger partial charge in [-0.3, -0.25) is 0 Å². The molecule has 1 unspecified atom stereocenters. The molecule has 6 nitrogen and oxygen atoms in total. The van der Waals surface area contributed by atoms with Gasteiger partial charge in [0.05, 0.1) is 0 Å². The van der Waals surface area contributed by atoms with E-state index in [1.165, 1.54) is 10.7 Å². The standard InChI is InChI=1S/C11H16ClN5O/c1-7(2)8(3-4-12)14-9-5-10-15-16-11(18)17(10)6-13-9/h5-8,14H,3-4H2,1-2H3,(H,16,18). The Balaban J connectivity index is 2.22. The van der Waals surface area contributed by atoms with Crippen molar-refractivity contribution in [1.82, 2.24) is 19.6 Å². The van der Waals surface area contributed by atoms with Crippen LogP contribution in [0.25, 0.3) is 5.65 Å². The topological polar surface area (TPSA) is 75.1 Å². The van der Waals surface area contributed by atoms with Crippen molar-refractivity contribution in [3.63, 3.8) is 0 Å². The second kappa shape index (κ2) is 5.39. The first-order valence-electron chi connectivity index (χ1n) is 5.87. The Kier molecular flexibility index (Phi) is 3.86. The average Bonchev–Trinajstić information content (AvgIpc) is 2.70. The molecule has 1 atom stereocenters. The highest BCUT2D eigenvalue weighted by Gasteiger charge is 2.13. The van der Waals surface area contributed by atoms with Gasteiger partial charge in [0.2, 0.25) is 0 Å². The van der Waals surface area contributed by atoms with Crippen molar-refractivity contribution in [3.05, 3.63) is 22.9 Å². The van der Waals surface area contributed by atoms with Crippen molar-refractivity contribution in [2.45, 2.75) is 26.3 Å². The first kappa shape index (κ1) is 12.9. The fraction of sp³-hybridized carbons (Fsp3) is 0.545. The summed E-state index contributed by atoms with van der Waals surface area (Å²) in [6, 6.07) is 1.99. The zero-order chi connectivity index (χ0) is 13.1. The number of hydrogen-bond donors (Lipinski definition) is 2. The van der Waals surface area contributed by atoms with Gasteiger partial charge in [-0.2, -0.15) is 5.10 Å². The molecular formula is C11H16ClN5O. The maximum absolute atomic E-state index is 11.3. The van der Waals surface area contributed by atoms with E-state index in [-0.39, 0.29) is 11.7 Å². The van der Waals surface area contributed by atoms with Crippen LogP contribution in [0.3, 0.4) is 0 Å². The maximum atomic E-state index is 11.3. The van der Waals surface area contributed by atoms with Crippen LogP contribution in [-0.4, -0.2) is 31.5 Å². The summed E-state index contributed by atoms with van der Waals surface area (Å²) in [6.45, 7) is 4.25. The SMILES string of the molecule is CC(C)C(CCCl)Nc1cc2n[nH]c(=O)n2cn1. The molecule has 0 saturated heterocycles. The van der Waals surface area contributed by atoms with E-state index in [2.05, 4.69) is 34.3 Å². The van der Waals surface area contributed by atoms with Gasteiger partial charge >= 0.3 is 5.69 Å². The molecule has 0 saturated carbocycles. The van der Waals surface area contributed by atoms with Crippen LogP contribution in [0.1, 0.15) is 20.3 Å². The lowest BCUT2D eigenvalue weighted by Crippen LogP contribution is -2.26. The van der Waals surface area contributed by atoms with E-state index in [4.69, 9.17) is 11.6 Å². The van der Waals surface area contributed by atoms with Gasteiger partial charge in [-0.05, 0) is 12.3 Å². The number of anilines is 1. The summed E-state index contributed by atoms with van der Waals surface area (Å²) in [7, 11) is 0. The number of fused-ring (bicyclic) bond motifs is 1. The molecular weight excluding hydrogens is 254 g/mol. The summed E-state index contributed by atoms with van der Waals surface area (Å²) >= 11 is 5.78. The molecule has 0 aliphatic heterocycles. The highest BCUT2D eigenvalue weighted by atomic mass is 35.5. The molecule has 2 rings (SSSR count). The number of H-pyrrole nitrogens is 1. The van der Waals surface area contributed by atoms with Gasteiger partial charge in [-0.15, -0.1) is 11.6 Å². The Bertz CT molecular complexity index is 576. The maximum Gasteiger partial charge on any atom is 0.348 e. The average molecular weight is 270 g/mol. The minimum Gasteiger partial charge on any atom is -0.367 e. The molecule has 0 amide bonds. The second-order valence-corrected chi connectivity index (χ2v) is 4.88. The van der Waals surface area contributed by atoms with Crippen LogP contribution >= 0.6 is 11.6 Å². The van der Waals surface area contributed by atoms with Gasteiger partial charge < -0.3 is 5.32 Å². The number of aromatic nitrogens is 4. The van der Waals surface area contributed by atoms with Gasteiger partial charge in [0.15, 0.2) is 5.65 Å². The predicted octanol–water partition coefficient (Wildman–Crippen LogP) is 1.48. The van der Waals surface area contributed by atoms with E-state index in [0.29, 0.717) is 23.3 Å². The number of rotatable bonds is 5. The fourth-order valence-electron chi connectivity index (χ4n) is 1.77. The van der Waals surface area contributed by atoms with Crippen LogP contribution in [0.15, 0.2) is 17.2 Å². The quantitative estimate of drug-likeness (QED) is 0.807. The van der Waals surface area contributed by atoms with E-state index < -0.39 is 0 Å². The van der Waals surface area contributed by atoms with Crippen molar-refractivity contribution < 1.29 is 0 Å². The zero-order valence-electron chi connectivity index (χ0n) is 10.4. The first-order chi connectivity index (χ1) is 8.61.